The van der Waals surface area contributed by atoms with Crippen molar-refractivity contribution < 1.29 is 9.47 Å². The Balaban J connectivity index is 1.73. The summed E-state index contributed by atoms with van der Waals surface area (Å²) in [6.45, 7) is 0. The molecule has 0 atom stereocenters. The van der Waals surface area contributed by atoms with Crippen LogP contribution in [0.25, 0.3) is 12.2 Å². The van der Waals surface area contributed by atoms with E-state index in [2.05, 4.69) is 4.98 Å². The molecule has 5 heteroatoms. The first-order valence-corrected chi connectivity index (χ1v) is 9.23. The molecule has 1 saturated carbocycles. The molecule has 0 saturated heterocycles. The second kappa shape index (κ2) is 6.54. The average Bonchev–Trinajstić information content (AvgIpc) is 3.21. The number of fused-ring (bicyclic) bond motifs is 1. The highest BCUT2D eigenvalue weighted by molar-refractivity contribution is 6.37. The molecule has 2 aromatic rings. The van der Waals surface area contributed by atoms with Crippen LogP contribution in [0.5, 0.6) is 11.5 Å². The van der Waals surface area contributed by atoms with E-state index in [9.17, 15) is 0 Å². The highest BCUT2D eigenvalue weighted by Crippen LogP contribution is 2.49. The minimum atomic E-state index is -0.0501. The van der Waals surface area contributed by atoms with Gasteiger partial charge in [0.15, 0.2) is 0 Å². The summed E-state index contributed by atoms with van der Waals surface area (Å²) in [5, 5.41) is 1.06. The van der Waals surface area contributed by atoms with E-state index in [1.54, 1.807) is 19.5 Å². The van der Waals surface area contributed by atoms with Crippen molar-refractivity contribution in [3.8, 4) is 11.5 Å². The predicted octanol–water partition coefficient (Wildman–Crippen LogP) is 5.82. The molecule has 1 aromatic carbocycles. The first kappa shape index (κ1) is 16.7. The lowest BCUT2D eigenvalue weighted by Crippen LogP contribution is -2.30. The minimum absolute atomic E-state index is 0.0501. The van der Waals surface area contributed by atoms with Gasteiger partial charge in [0.25, 0.3) is 0 Å². The minimum Gasteiger partial charge on any atom is -0.496 e. The van der Waals surface area contributed by atoms with Gasteiger partial charge in [-0.25, -0.2) is 0 Å². The third-order valence-corrected chi connectivity index (χ3v) is 5.72. The quantitative estimate of drug-likeness (QED) is 0.677. The number of halogens is 2. The molecular formula is C20H19Cl2NO2. The fourth-order valence-electron chi connectivity index (χ4n) is 3.86. The van der Waals surface area contributed by atoms with Gasteiger partial charge in [0.2, 0.25) is 0 Å². The Kier molecular flexibility index (Phi) is 4.38. The van der Waals surface area contributed by atoms with Crippen LogP contribution < -0.4 is 9.47 Å². The number of ether oxygens (including phenoxy) is 2. The molecule has 0 N–H and O–H groups in total. The number of hydrogen-bond acceptors (Lipinski definition) is 3. The lowest BCUT2D eigenvalue weighted by Gasteiger charge is -2.22. The van der Waals surface area contributed by atoms with Crippen LogP contribution in [0.3, 0.4) is 0 Å². The van der Waals surface area contributed by atoms with Crippen LogP contribution in [0.1, 0.15) is 42.4 Å². The van der Waals surface area contributed by atoms with Gasteiger partial charge in [-0.05, 0) is 37.8 Å². The van der Waals surface area contributed by atoms with Crippen LogP contribution in [0, 0.1) is 0 Å². The Morgan fingerprint density at radius 1 is 1.12 bits per heavy atom. The number of methoxy groups -OCH3 is 1. The Morgan fingerprint density at radius 2 is 1.84 bits per heavy atom. The maximum atomic E-state index is 6.47. The Bertz CT molecular complexity index is 822. The Hall–Kier alpha value is -1.71. The lowest BCUT2D eigenvalue weighted by molar-refractivity contribution is 0.103. The van der Waals surface area contributed by atoms with Crippen molar-refractivity contribution in [3.05, 3.63) is 51.3 Å². The van der Waals surface area contributed by atoms with Gasteiger partial charge in [-0.1, -0.05) is 35.4 Å². The van der Waals surface area contributed by atoms with Gasteiger partial charge in [-0.15, -0.1) is 0 Å². The van der Waals surface area contributed by atoms with Crippen molar-refractivity contribution in [2.24, 2.45) is 0 Å². The van der Waals surface area contributed by atoms with E-state index in [1.165, 1.54) is 18.4 Å². The van der Waals surface area contributed by atoms with Crippen LogP contribution in [0.4, 0.5) is 0 Å². The molecule has 0 unspecified atom stereocenters. The van der Waals surface area contributed by atoms with Gasteiger partial charge in [0.05, 0.1) is 17.2 Å². The first-order valence-electron chi connectivity index (χ1n) is 8.48. The zero-order valence-electron chi connectivity index (χ0n) is 14.0. The van der Waals surface area contributed by atoms with E-state index in [1.807, 2.05) is 24.3 Å². The molecule has 2 heterocycles. The molecule has 25 heavy (non-hydrogen) atoms. The number of hydrogen-bond donors (Lipinski definition) is 0. The molecule has 2 aliphatic rings. The number of benzene rings is 1. The number of pyridine rings is 1. The first-order chi connectivity index (χ1) is 12.1. The normalized spacial score (nSPS) is 17.9. The average molecular weight is 376 g/mol. The van der Waals surface area contributed by atoms with Crippen molar-refractivity contribution in [2.75, 3.05) is 7.11 Å². The summed E-state index contributed by atoms with van der Waals surface area (Å²) in [5.74, 6) is 1.83. The fraction of sp³-hybridized carbons (Fsp3) is 0.350. The smallest absolute Gasteiger partial charge is 0.134 e. The third kappa shape index (κ3) is 3.00. The molecule has 1 fully saturated rings. The molecule has 1 aliphatic heterocycles. The summed E-state index contributed by atoms with van der Waals surface area (Å²) in [6.07, 6.45) is 12.7. The highest BCUT2D eigenvalue weighted by atomic mass is 35.5. The molecule has 0 radical (unpaired) electrons. The van der Waals surface area contributed by atoms with Crippen molar-refractivity contribution in [1.82, 2.24) is 4.98 Å². The fourth-order valence-corrected chi connectivity index (χ4v) is 4.36. The summed E-state index contributed by atoms with van der Waals surface area (Å²) >= 11 is 12.4. The molecule has 3 nitrogen and oxygen atoms in total. The van der Waals surface area contributed by atoms with Gasteiger partial charge in [-0.3, -0.25) is 4.98 Å². The van der Waals surface area contributed by atoms with E-state index < -0.39 is 0 Å². The summed E-state index contributed by atoms with van der Waals surface area (Å²) in [7, 11) is 1.71. The van der Waals surface area contributed by atoms with Crippen molar-refractivity contribution >= 4 is 35.4 Å². The number of aromatic nitrogens is 1. The van der Waals surface area contributed by atoms with Crippen LogP contribution in [0.15, 0.2) is 24.5 Å². The SMILES string of the molecule is COc1ccc(C=Cc2c(Cl)cncc2Cl)c2c1CC1(CCCC1)O2. The number of nitrogens with zero attached hydrogens (tertiary/aromatic N) is 1. The molecule has 0 bridgehead atoms. The molecule has 1 spiro atoms. The topological polar surface area (TPSA) is 31.4 Å². The van der Waals surface area contributed by atoms with E-state index in [-0.39, 0.29) is 5.60 Å². The standard InChI is InChI=1S/C20H19Cl2NO2/c1-24-18-7-5-13(4-6-14-16(21)11-23-12-17(14)22)19-15(18)10-20(25-19)8-2-3-9-20/h4-7,11-12H,2-3,8-10H2,1H3. The van der Waals surface area contributed by atoms with Crippen molar-refractivity contribution in [3.63, 3.8) is 0 Å². The Morgan fingerprint density at radius 3 is 2.52 bits per heavy atom. The predicted molar refractivity (Wildman–Crippen MR) is 102 cm³/mol. The van der Waals surface area contributed by atoms with E-state index in [0.717, 1.165) is 41.9 Å². The summed E-state index contributed by atoms with van der Waals surface area (Å²) in [4.78, 5) is 3.99. The largest absolute Gasteiger partial charge is 0.496 e. The zero-order chi connectivity index (χ0) is 17.4. The van der Waals surface area contributed by atoms with Gasteiger partial charge < -0.3 is 9.47 Å². The van der Waals surface area contributed by atoms with Crippen molar-refractivity contribution in [2.45, 2.75) is 37.7 Å². The summed E-state index contributed by atoms with van der Waals surface area (Å²) < 4.78 is 12.0. The van der Waals surface area contributed by atoms with Crippen molar-refractivity contribution in [1.29, 1.82) is 0 Å². The van der Waals surface area contributed by atoms with E-state index in [0.29, 0.717) is 10.0 Å². The highest BCUT2D eigenvalue weighted by Gasteiger charge is 2.43. The summed E-state index contributed by atoms with van der Waals surface area (Å²) in [5.41, 5.74) is 2.89. The van der Waals surface area contributed by atoms with Gasteiger partial charge >= 0.3 is 0 Å². The maximum absolute atomic E-state index is 6.47. The van der Waals surface area contributed by atoms with E-state index >= 15 is 0 Å². The van der Waals surface area contributed by atoms with Gasteiger partial charge in [0.1, 0.15) is 17.1 Å². The third-order valence-electron chi connectivity index (χ3n) is 5.12. The zero-order valence-corrected chi connectivity index (χ0v) is 15.5. The summed E-state index contributed by atoms with van der Waals surface area (Å²) in [6, 6.07) is 4.02. The van der Waals surface area contributed by atoms with E-state index in [4.69, 9.17) is 32.7 Å². The monoisotopic (exact) mass is 375 g/mol. The molecular weight excluding hydrogens is 357 g/mol. The number of rotatable bonds is 3. The van der Waals surface area contributed by atoms with Crippen LogP contribution in [-0.2, 0) is 6.42 Å². The van der Waals surface area contributed by atoms with Crippen LogP contribution in [0.2, 0.25) is 10.0 Å². The van der Waals surface area contributed by atoms with Gasteiger partial charge in [0, 0.05) is 35.5 Å². The molecule has 130 valence electrons. The maximum Gasteiger partial charge on any atom is 0.134 e. The van der Waals surface area contributed by atoms with Crippen LogP contribution in [-0.4, -0.2) is 17.7 Å². The molecule has 4 rings (SSSR count). The lowest BCUT2D eigenvalue weighted by atomic mass is 9.94. The van der Waals surface area contributed by atoms with Crippen LogP contribution >= 0.6 is 23.2 Å². The second-order valence-electron chi connectivity index (χ2n) is 6.68. The molecule has 1 aromatic heterocycles. The Labute approximate surface area is 157 Å². The van der Waals surface area contributed by atoms with Gasteiger partial charge in [-0.2, -0.15) is 0 Å². The molecule has 0 amide bonds. The molecule has 1 aliphatic carbocycles. The second-order valence-corrected chi connectivity index (χ2v) is 7.50.